The van der Waals surface area contributed by atoms with Gasteiger partial charge >= 0.3 is 5.97 Å². The quantitative estimate of drug-likeness (QED) is 0.415. The number of carbonyl (C=O) groups excluding carboxylic acids is 1. The molecule has 0 bridgehead atoms. The summed E-state index contributed by atoms with van der Waals surface area (Å²) in [6, 6.07) is 14.6. The first-order valence-corrected chi connectivity index (χ1v) is 11.7. The molecule has 0 radical (unpaired) electrons. The highest BCUT2D eigenvalue weighted by Gasteiger charge is 2.33. The van der Waals surface area contributed by atoms with Crippen LogP contribution in [0.2, 0.25) is 5.02 Å². The normalized spacial score (nSPS) is 15.5. The second-order valence-corrected chi connectivity index (χ2v) is 9.15. The number of aromatic carboxylic acids is 1. The van der Waals surface area contributed by atoms with Crippen LogP contribution >= 0.6 is 11.6 Å². The highest BCUT2D eigenvalue weighted by atomic mass is 35.5. The molecule has 1 aromatic heterocycles. The summed E-state index contributed by atoms with van der Waals surface area (Å²) >= 11 is 6.03. The second kappa shape index (κ2) is 9.79. The first kappa shape index (κ1) is 23.1. The molecular formula is C26H28ClN3O3. The van der Waals surface area contributed by atoms with Gasteiger partial charge in [0.25, 0.3) is 5.91 Å². The van der Waals surface area contributed by atoms with Gasteiger partial charge in [0.1, 0.15) is 5.69 Å². The zero-order valence-corrected chi connectivity index (χ0v) is 19.7. The number of rotatable bonds is 8. The van der Waals surface area contributed by atoms with Crippen LogP contribution in [-0.2, 0) is 6.54 Å². The molecule has 7 heteroatoms. The van der Waals surface area contributed by atoms with Gasteiger partial charge in [0.2, 0.25) is 0 Å². The van der Waals surface area contributed by atoms with Gasteiger partial charge in [-0.2, -0.15) is 5.10 Å². The Balaban J connectivity index is 1.66. The van der Waals surface area contributed by atoms with E-state index in [2.05, 4.69) is 6.92 Å². The highest BCUT2D eigenvalue weighted by molar-refractivity contribution is 6.30. The Morgan fingerprint density at radius 1 is 1.15 bits per heavy atom. The predicted octanol–water partition coefficient (Wildman–Crippen LogP) is 5.99. The summed E-state index contributed by atoms with van der Waals surface area (Å²) in [5.41, 5.74) is 4.16. The molecule has 1 N–H and O–H groups in total. The number of nitrogens with zero attached hydrogens (tertiary/aromatic N) is 3. The first-order chi connectivity index (χ1) is 15.9. The van der Waals surface area contributed by atoms with Crippen LogP contribution in [0.3, 0.4) is 0 Å². The van der Waals surface area contributed by atoms with Crippen molar-refractivity contribution in [2.45, 2.75) is 52.1 Å². The number of carboxylic acid groups (broad SMARTS) is 1. The van der Waals surface area contributed by atoms with Crippen molar-refractivity contribution in [3.63, 3.8) is 0 Å². The van der Waals surface area contributed by atoms with Crippen molar-refractivity contribution in [3.05, 3.63) is 75.9 Å². The molecule has 1 atom stereocenters. The van der Waals surface area contributed by atoms with Gasteiger partial charge in [-0.05, 0) is 54.8 Å². The molecule has 0 fully saturated rings. The number of carboxylic acids is 1. The van der Waals surface area contributed by atoms with Gasteiger partial charge in [0.15, 0.2) is 0 Å². The molecule has 0 saturated carbocycles. The summed E-state index contributed by atoms with van der Waals surface area (Å²) in [5, 5.41) is 14.9. The fraction of sp³-hybridized carbons (Fsp3) is 0.346. The van der Waals surface area contributed by atoms with Crippen molar-refractivity contribution in [1.29, 1.82) is 0 Å². The third-order valence-electron chi connectivity index (χ3n) is 6.06. The van der Waals surface area contributed by atoms with Gasteiger partial charge in [-0.1, -0.05) is 56.0 Å². The fourth-order valence-electron chi connectivity index (χ4n) is 4.45. The first-order valence-electron chi connectivity index (χ1n) is 11.3. The maximum Gasteiger partial charge on any atom is 0.335 e. The van der Waals surface area contributed by atoms with Crippen molar-refractivity contribution in [1.82, 2.24) is 14.7 Å². The van der Waals surface area contributed by atoms with E-state index in [4.69, 9.17) is 16.7 Å². The van der Waals surface area contributed by atoms with Crippen LogP contribution in [-0.4, -0.2) is 38.2 Å². The molecule has 6 nitrogen and oxygen atoms in total. The molecular weight excluding hydrogens is 438 g/mol. The number of halogens is 1. The lowest BCUT2D eigenvalue weighted by molar-refractivity contribution is 0.0634. The third-order valence-corrected chi connectivity index (χ3v) is 6.31. The smallest absolute Gasteiger partial charge is 0.335 e. The summed E-state index contributed by atoms with van der Waals surface area (Å²) < 4.78 is 1.89. The van der Waals surface area contributed by atoms with Crippen molar-refractivity contribution < 1.29 is 14.7 Å². The predicted molar refractivity (Wildman–Crippen MR) is 129 cm³/mol. The minimum Gasteiger partial charge on any atom is -0.478 e. The minimum atomic E-state index is -0.965. The summed E-state index contributed by atoms with van der Waals surface area (Å²) in [7, 11) is 0. The Morgan fingerprint density at radius 2 is 1.91 bits per heavy atom. The van der Waals surface area contributed by atoms with E-state index < -0.39 is 5.97 Å². The van der Waals surface area contributed by atoms with Gasteiger partial charge < -0.3 is 10.0 Å². The SMILES string of the molecule is CCCCCC1CN(Cc2cc(C)cc(C(=O)O)c2)C(=O)c2cc(-c3ccc(Cl)cc3)nn21. The van der Waals surface area contributed by atoms with Crippen LogP contribution in [0.1, 0.15) is 70.6 Å². The topological polar surface area (TPSA) is 75.4 Å². The molecule has 33 heavy (non-hydrogen) atoms. The largest absolute Gasteiger partial charge is 0.478 e. The number of benzene rings is 2. The lowest BCUT2D eigenvalue weighted by Crippen LogP contribution is -2.42. The van der Waals surface area contributed by atoms with Gasteiger partial charge in [-0.15, -0.1) is 0 Å². The van der Waals surface area contributed by atoms with Crippen LogP contribution < -0.4 is 0 Å². The van der Waals surface area contributed by atoms with Crippen LogP contribution in [0.25, 0.3) is 11.3 Å². The Kier molecular flexibility index (Phi) is 6.84. The molecule has 2 aromatic carbocycles. The lowest BCUT2D eigenvalue weighted by Gasteiger charge is -2.34. The summed E-state index contributed by atoms with van der Waals surface area (Å²) in [6.07, 6.45) is 4.25. The van der Waals surface area contributed by atoms with Crippen LogP contribution in [0.5, 0.6) is 0 Å². The van der Waals surface area contributed by atoms with Gasteiger partial charge in [-0.25, -0.2) is 4.79 Å². The van der Waals surface area contributed by atoms with Crippen molar-refractivity contribution in [2.75, 3.05) is 6.54 Å². The van der Waals surface area contributed by atoms with Crippen molar-refractivity contribution in [3.8, 4) is 11.3 Å². The fourth-order valence-corrected chi connectivity index (χ4v) is 4.57. The maximum atomic E-state index is 13.4. The van der Waals surface area contributed by atoms with Crippen LogP contribution in [0, 0.1) is 6.92 Å². The number of amides is 1. The molecule has 1 amide bonds. The number of hydrogen-bond acceptors (Lipinski definition) is 3. The van der Waals surface area contributed by atoms with E-state index in [0.717, 1.165) is 48.1 Å². The van der Waals surface area contributed by atoms with E-state index in [1.54, 1.807) is 12.1 Å². The number of aryl methyl sites for hydroxylation is 1. The van der Waals surface area contributed by atoms with E-state index in [-0.39, 0.29) is 17.5 Å². The van der Waals surface area contributed by atoms with Crippen LogP contribution in [0.4, 0.5) is 0 Å². The van der Waals surface area contributed by atoms with Gasteiger partial charge in [-0.3, -0.25) is 9.48 Å². The van der Waals surface area contributed by atoms with Gasteiger partial charge in [0.05, 0.1) is 17.3 Å². The van der Waals surface area contributed by atoms with E-state index >= 15 is 0 Å². The zero-order chi connectivity index (χ0) is 23.5. The van der Waals surface area contributed by atoms with Gasteiger partial charge in [0, 0.05) is 23.7 Å². The molecule has 172 valence electrons. The number of hydrogen-bond donors (Lipinski definition) is 1. The Hall–Kier alpha value is -3.12. The minimum absolute atomic E-state index is 0.0778. The van der Waals surface area contributed by atoms with Crippen molar-refractivity contribution in [2.24, 2.45) is 0 Å². The van der Waals surface area contributed by atoms with E-state index in [1.807, 2.05) is 52.9 Å². The zero-order valence-electron chi connectivity index (χ0n) is 18.9. The van der Waals surface area contributed by atoms with E-state index in [0.29, 0.717) is 23.8 Å². The molecule has 1 unspecified atom stereocenters. The van der Waals surface area contributed by atoms with E-state index in [1.165, 1.54) is 0 Å². The Morgan fingerprint density at radius 3 is 2.61 bits per heavy atom. The molecule has 2 heterocycles. The third kappa shape index (κ3) is 5.11. The standard InChI is InChI=1S/C26H28ClN3O3/c1-3-4-5-6-22-16-29(15-18-11-17(2)12-20(13-18)26(32)33)25(31)24-14-23(28-30(22)24)19-7-9-21(27)10-8-19/h7-14,22H,3-6,15-16H2,1-2H3,(H,32,33). The summed E-state index contributed by atoms with van der Waals surface area (Å²) in [4.78, 5) is 26.7. The molecule has 3 aromatic rings. The molecule has 4 rings (SSSR count). The summed E-state index contributed by atoms with van der Waals surface area (Å²) in [5.74, 6) is -1.05. The monoisotopic (exact) mass is 465 g/mol. The number of carbonyl (C=O) groups is 2. The second-order valence-electron chi connectivity index (χ2n) is 8.71. The Bertz CT molecular complexity index is 1170. The average Bonchev–Trinajstić information content (AvgIpc) is 3.23. The average molecular weight is 466 g/mol. The maximum absolute atomic E-state index is 13.4. The van der Waals surface area contributed by atoms with Crippen molar-refractivity contribution >= 4 is 23.5 Å². The molecule has 1 aliphatic heterocycles. The number of aromatic nitrogens is 2. The molecule has 0 spiro atoms. The lowest BCUT2D eigenvalue weighted by atomic mass is 10.0. The van der Waals surface area contributed by atoms with E-state index in [9.17, 15) is 14.7 Å². The molecule has 1 aliphatic rings. The highest BCUT2D eigenvalue weighted by Crippen LogP contribution is 2.31. The molecule has 0 aliphatic carbocycles. The Labute approximate surface area is 198 Å². The molecule has 0 saturated heterocycles. The number of fused-ring (bicyclic) bond motifs is 1. The number of unbranched alkanes of at least 4 members (excludes halogenated alkanes) is 2. The summed E-state index contributed by atoms with van der Waals surface area (Å²) in [6.45, 7) is 4.96. The van der Waals surface area contributed by atoms with Crippen LogP contribution in [0.15, 0.2) is 48.5 Å².